The number of aliphatic hydroxyl groups is 1. The van der Waals surface area contributed by atoms with Gasteiger partial charge in [0, 0.05) is 0 Å². The maximum absolute atomic E-state index is 11.6. The van der Waals surface area contributed by atoms with Crippen LogP contribution in [0.5, 0.6) is 0 Å². The highest BCUT2D eigenvalue weighted by atomic mass is 16.6. The number of hydrogen-bond donors (Lipinski definition) is 2. The molecule has 6 atom stereocenters. The standard InChI is InChI=1S/C13H18O8.C9H14O5.C6H8O4/c1-4-7-19-12(17)8(2)21-13(18)9(3)20-11(16)6-5-10(14)15;1-4-5-13-9(12)7(3)14-8(11)6(2)10;1-3-5(7)10-4(2)6(8)9-3/h4,8-9H,1,5-7H2,2-3H3,(H,14,15);4,6-7,10H,1,5H2,2-3H3;3-4H,1-2H3/t8-,9-;6-,7-;3-,4-/m000/s1. The summed E-state index contributed by atoms with van der Waals surface area (Å²) in [4.78, 5) is 87.6. The van der Waals surface area contributed by atoms with Gasteiger partial charge in [-0.1, -0.05) is 25.3 Å². The molecule has 17 heteroatoms. The van der Waals surface area contributed by atoms with E-state index < -0.39 is 90.8 Å². The van der Waals surface area contributed by atoms with Crippen molar-refractivity contribution in [3.63, 3.8) is 0 Å². The van der Waals surface area contributed by atoms with Crippen LogP contribution < -0.4 is 0 Å². The summed E-state index contributed by atoms with van der Waals surface area (Å²) in [6.45, 7) is 14.9. The van der Waals surface area contributed by atoms with Gasteiger partial charge in [-0.05, 0) is 41.5 Å². The number of carbonyl (C=O) groups excluding carboxylic acids is 7. The van der Waals surface area contributed by atoms with Crippen molar-refractivity contribution in [2.75, 3.05) is 13.2 Å². The molecule has 0 amide bonds. The molecule has 1 rings (SSSR count). The first-order valence-electron chi connectivity index (χ1n) is 13.3. The van der Waals surface area contributed by atoms with Crippen LogP contribution in [0, 0.1) is 0 Å². The van der Waals surface area contributed by atoms with Crippen LogP contribution in [0.2, 0.25) is 0 Å². The second kappa shape index (κ2) is 22.7. The highest BCUT2D eigenvalue weighted by Gasteiger charge is 2.32. The number of ether oxygens (including phenoxy) is 7. The molecule has 0 radical (unpaired) electrons. The predicted octanol–water partition coefficient (Wildman–Crippen LogP) is 0.335. The third-order valence-electron chi connectivity index (χ3n) is 4.71. The summed E-state index contributed by atoms with van der Waals surface area (Å²) in [6.07, 6.45) is -4.15. The summed E-state index contributed by atoms with van der Waals surface area (Å²) in [5.74, 6) is -6.16. The first-order chi connectivity index (χ1) is 20.9. The van der Waals surface area contributed by atoms with E-state index in [1.54, 1.807) is 0 Å². The number of aliphatic hydroxyl groups excluding tert-OH is 1. The monoisotopic (exact) mass is 648 g/mol. The minimum Gasteiger partial charge on any atom is -0.481 e. The smallest absolute Gasteiger partial charge is 0.347 e. The van der Waals surface area contributed by atoms with Crippen molar-refractivity contribution in [3.05, 3.63) is 25.3 Å². The highest BCUT2D eigenvalue weighted by Crippen LogP contribution is 2.08. The molecule has 1 aliphatic heterocycles. The van der Waals surface area contributed by atoms with E-state index in [9.17, 15) is 38.4 Å². The lowest BCUT2D eigenvalue weighted by Gasteiger charge is -2.22. The van der Waals surface area contributed by atoms with Gasteiger partial charge in [-0.25, -0.2) is 28.8 Å². The summed E-state index contributed by atoms with van der Waals surface area (Å²) in [7, 11) is 0. The van der Waals surface area contributed by atoms with Crippen LogP contribution in [-0.2, 0) is 71.5 Å². The Balaban J connectivity index is 0. The van der Waals surface area contributed by atoms with Crippen LogP contribution in [0.1, 0.15) is 54.4 Å². The van der Waals surface area contributed by atoms with E-state index >= 15 is 0 Å². The second-order valence-electron chi connectivity index (χ2n) is 8.86. The molecule has 45 heavy (non-hydrogen) atoms. The van der Waals surface area contributed by atoms with E-state index in [1.165, 1.54) is 53.7 Å². The molecule has 0 unspecified atom stereocenters. The molecule has 1 saturated heterocycles. The molecule has 0 spiro atoms. The van der Waals surface area contributed by atoms with Crippen molar-refractivity contribution in [3.8, 4) is 0 Å². The first kappa shape index (κ1) is 42.3. The number of cyclic esters (lactones) is 2. The van der Waals surface area contributed by atoms with Crippen molar-refractivity contribution in [1.29, 1.82) is 0 Å². The number of aliphatic carboxylic acids is 1. The van der Waals surface area contributed by atoms with Crippen LogP contribution in [0.3, 0.4) is 0 Å². The van der Waals surface area contributed by atoms with E-state index in [-0.39, 0.29) is 19.6 Å². The molecule has 1 aliphatic rings. The number of carboxylic acid groups (broad SMARTS) is 1. The number of rotatable bonds is 14. The number of hydrogen-bond acceptors (Lipinski definition) is 16. The zero-order valence-electron chi connectivity index (χ0n) is 25.9. The Kier molecular flexibility index (Phi) is 21.4. The van der Waals surface area contributed by atoms with Crippen molar-refractivity contribution in [1.82, 2.24) is 0 Å². The third kappa shape index (κ3) is 19.9. The van der Waals surface area contributed by atoms with E-state index in [0.717, 1.165) is 0 Å². The fourth-order valence-electron chi connectivity index (χ4n) is 2.31. The van der Waals surface area contributed by atoms with Crippen LogP contribution in [0.15, 0.2) is 25.3 Å². The predicted molar refractivity (Wildman–Crippen MR) is 149 cm³/mol. The Labute approximate surface area is 259 Å². The molecule has 17 nitrogen and oxygen atoms in total. The molecular weight excluding hydrogens is 608 g/mol. The molecule has 1 fully saturated rings. The summed E-state index contributed by atoms with van der Waals surface area (Å²) < 4.78 is 32.5. The van der Waals surface area contributed by atoms with Gasteiger partial charge in [0.15, 0.2) is 30.5 Å². The van der Waals surface area contributed by atoms with Crippen LogP contribution in [-0.4, -0.2) is 108 Å². The van der Waals surface area contributed by atoms with E-state index in [1.807, 2.05) is 0 Å². The Morgan fingerprint density at radius 1 is 0.711 bits per heavy atom. The first-order valence-corrected chi connectivity index (χ1v) is 13.3. The molecule has 1 heterocycles. The molecule has 0 saturated carbocycles. The van der Waals surface area contributed by atoms with Gasteiger partial charge >= 0.3 is 47.8 Å². The number of esters is 7. The fourth-order valence-corrected chi connectivity index (χ4v) is 2.31. The number of carboxylic acids is 1. The lowest BCUT2D eigenvalue weighted by atomic mass is 10.3. The van der Waals surface area contributed by atoms with Gasteiger partial charge in [-0.15, -0.1) is 0 Å². The van der Waals surface area contributed by atoms with Gasteiger partial charge in [0.2, 0.25) is 0 Å². The zero-order chi connectivity index (χ0) is 35.3. The van der Waals surface area contributed by atoms with Crippen molar-refractivity contribution < 1.29 is 81.7 Å². The lowest BCUT2D eigenvalue weighted by Crippen LogP contribution is -2.40. The largest absolute Gasteiger partial charge is 0.481 e. The minimum absolute atomic E-state index is 0.0134. The fraction of sp³-hybridized carbons (Fsp3) is 0.571. The maximum Gasteiger partial charge on any atom is 0.347 e. The van der Waals surface area contributed by atoms with Crippen LogP contribution >= 0.6 is 0 Å². The molecule has 0 aromatic rings. The molecule has 0 aromatic carbocycles. The average Bonchev–Trinajstić information content (AvgIpc) is 2.96. The summed E-state index contributed by atoms with van der Waals surface area (Å²) in [6, 6.07) is 0. The van der Waals surface area contributed by atoms with Crippen LogP contribution in [0.4, 0.5) is 0 Å². The SMILES string of the molecule is C=CCOC(=O)[C@H](C)OC(=O)[C@H](C)O.C=CCOC(=O)[C@H](C)OC(=O)[C@H](C)OC(=O)CCC(=O)O.C[C@@H]1OC(=O)[C@H](C)OC1=O. The highest BCUT2D eigenvalue weighted by molar-refractivity contribution is 5.87. The molecule has 0 aromatic heterocycles. The van der Waals surface area contributed by atoms with Gasteiger partial charge in [0.05, 0.1) is 12.8 Å². The van der Waals surface area contributed by atoms with E-state index in [0.29, 0.717) is 0 Å². The van der Waals surface area contributed by atoms with E-state index in [2.05, 4.69) is 41.6 Å². The Morgan fingerprint density at radius 3 is 1.44 bits per heavy atom. The quantitative estimate of drug-likeness (QED) is 0.146. The van der Waals surface area contributed by atoms with Gasteiger partial charge in [-0.2, -0.15) is 0 Å². The second-order valence-corrected chi connectivity index (χ2v) is 8.86. The molecular formula is C28H40O17. The third-order valence-corrected chi connectivity index (χ3v) is 4.71. The topological polar surface area (TPSA) is 242 Å². The minimum atomic E-state index is -1.25. The van der Waals surface area contributed by atoms with Gasteiger partial charge in [-0.3, -0.25) is 9.59 Å². The summed E-state index contributed by atoms with van der Waals surface area (Å²) in [5.41, 5.74) is 0. The normalized spacial score (nSPS) is 17.6. The average molecular weight is 649 g/mol. The van der Waals surface area contributed by atoms with Crippen molar-refractivity contribution in [2.24, 2.45) is 0 Å². The Morgan fingerprint density at radius 2 is 1.09 bits per heavy atom. The summed E-state index contributed by atoms with van der Waals surface area (Å²) >= 11 is 0. The Bertz CT molecular complexity index is 1040. The maximum atomic E-state index is 11.6. The summed E-state index contributed by atoms with van der Waals surface area (Å²) in [5, 5.41) is 17.2. The number of carbonyl (C=O) groups is 8. The molecule has 0 bridgehead atoms. The zero-order valence-corrected chi connectivity index (χ0v) is 25.9. The van der Waals surface area contributed by atoms with Crippen molar-refractivity contribution in [2.45, 2.75) is 91.0 Å². The van der Waals surface area contributed by atoms with Crippen molar-refractivity contribution >= 4 is 47.8 Å². The van der Waals surface area contributed by atoms with Gasteiger partial charge in [0.1, 0.15) is 19.3 Å². The molecule has 0 aliphatic carbocycles. The molecule has 254 valence electrons. The van der Waals surface area contributed by atoms with Gasteiger partial charge < -0.3 is 43.4 Å². The van der Waals surface area contributed by atoms with E-state index in [4.69, 9.17) is 14.9 Å². The lowest BCUT2D eigenvalue weighted by molar-refractivity contribution is -0.191. The molecule has 2 N–H and O–H groups in total. The Hall–Kier alpha value is -4.80. The van der Waals surface area contributed by atoms with Crippen LogP contribution in [0.25, 0.3) is 0 Å². The van der Waals surface area contributed by atoms with Gasteiger partial charge in [0.25, 0.3) is 0 Å².